The number of benzene rings is 3. The summed E-state index contributed by atoms with van der Waals surface area (Å²) in [5.41, 5.74) is 1.63. The van der Waals surface area contributed by atoms with Crippen molar-refractivity contribution >= 4 is 5.91 Å². The minimum atomic E-state index is -0.0503. The second-order valence-electron chi connectivity index (χ2n) is 9.47. The number of carbonyl (C=O) groups excluding carboxylic acids is 1. The van der Waals surface area contributed by atoms with Gasteiger partial charge in [0.15, 0.2) is 0 Å². The van der Waals surface area contributed by atoms with Crippen LogP contribution in [0.1, 0.15) is 41.6 Å². The highest BCUT2D eigenvalue weighted by Gasteiger charge is 2.39. The summed E-state index contributed by atoms with van der Waals surface area (Å²) in [7, 11) is 4.08. The summed E-state index contributed by atoms with van der Waals surface area (Å²) < 4.78 is 12.4. The second kappa shape index (κ2) is 9.90. The van der Waals surface area contributed by atoms with Crippen LogP contribution in [0, 0.1) is 0 Å². The third-order valence-corrected chi connectivity index (χ3v) is 7.14. The van der Waals surface area contributed by atoms with E-state index in [9.17, 15) is 4.79 Å². The van der Waals surface area contributed by atoms with Crippen LogP contribution in [0.4, 0.5) is 0 Å². The molecule has 2 bridgehead atoms. The van der Waals surface area contributed by atoms with Gasteiger partial charge in [-0.15, -0.1) is 0 Å². The molecular weight excluding hydrogens is 424 g/mol. The Morgan fingerprint density at radius 3 is 2.35 bits per heavy atom. The first-order valence-corrected chi connectivity index (χ1v) is 12.1. The molecule has 2 heterocycles. The van der Waals surface area contributed by atoms with Crippen molar-refractivity contribution in [2.75, 3.05) is 14.1 Å². The lowest BCUT2D eigenvalue weighted by Gasteiger charge is -2.36. The van der Waals surface area contributed by atoms with Gasteiger partial charge in [0, 0.05) is 36.8 Å². The number of carbonyl (C=O) groups is 1. The maximum atomic E-state index is 13.2. The number of para-hydroxylation sites is 2. The topological polar surface area (TPSA) is 42.0 Å². The molecule has 0 aliphatic carbocycles. The molecule has 3 aromatic carbocycles. The zero-order valence-electron chi connectivity index (χ0n) is 19.9. The number of ether oxygens (including phenoxy) is 2. The molecule has 0 aromatic heterocycles. The lowest BCUT2D eigenvalue weighted by atomic mass is 10.0. The summed E-state index contributed by atoms with van der Waals surface area (Å²) in [5.74, 6) is 2.22. The zero-order chi connectivity index (χ0) is 23.5. The van der Waals surface area contributed by atoms with E-state index >= 15 is 0 Å². The van der Waals surface area contributed by atoms with Crippen LogP contribution in [0.5, 0.6) is 17.2 Å². The van der Waals surface area contributed by atoms with Crippen LogP contribution in [0.3, 0.4) is 0 Å². The standard InChI is InChI=1S/C29H32N2O3/c1-30(29(32)21-10-8-13-26(17-21)33-25-11-4-3-5-12-25)20-22-9-6-7-14-28(22)34-27-18-23-15-16-24(19-27)31(23)2/h3-14,17,23-24,27H,15-16,18-20H2,1-2H3/t23-,24+,27+. The Morgan fingerprint density at radius 1 is 0.912 bits per heavy atom. The molecule has 0 saturated carbocycles. The number of hydrogen-bond acceptors (Lipinski definition) is 4. The minimum Gasteiger partial charge on any atom is -0.490 e. The van der Waals surface area contributed by atoms with Crippen LogP contribution < -0.4 is 9.47 Å². The van der Waals surface area contributed by atoms with Gasteiger partial charge in [0.05, 0.1) is 0 Å². The van der Waals surface area contributed by atoms with Crippen molar-refractivity contribution in [3.05, 3.63) is 90.0 Å². The maximum Gasteiger partial charge on any atom is 0.254 e. The average molecular weight is 457 g/mol. The van der Waals surface area contributed by atoms with Gasteiger partial charge in [-0.05, 0) is 69.1 Å². The van der Waals surface area contributed by atoms with E-state index < -0.39 is 0 Å². The zero-order valence-corrected chi connectivity index (χ0v) is 19.9. The van der Waals surface area contributed by atoms with Crippen LogP contribution in [0.15, 0.2) is 78.9 Å². The summed E-state index contributed by atoms with van der Waals surface area (Å²) in [6.45, 7) is 0.484. The normalized spacial score (nSPS) is 21.8. The molecule has 3 aromatic rings. The van der Waals surface area contributed by atoms with E-state index in [1.165, 1.54) is 12.8 Å². The van der Waals surface area contributed by atoms with E-state index in [0.717, 1.165) is 29.9 Å². The largest absolute Gasteiger partial charge is 0.490 e. The predicted molar refractivity (Wildman–Crippen MR) is 133 cm³/mol. The molecule has 0 unspecified atom stereocenters. The van der Waals surface area contributed by atoms with Crippen LogP contribution in [0.25, 0.3) is 0 Å². The van der Waals surface area contributed by atoms with Gasteiger partial charge in [-0.1, -0.05) is 42.5 Å². The first-order valence-electron chi connectivity index (χ1n) is 12.1. The van der Waals surface area contributed by atoms with E-state index in [0.29, 0.717) is 29.9 Å². The van der Waals surface area contributed by atoms with Crippen molar-refractivity contribution in [3.63, 3.8) is 0 Å². The molecule has 0 spiro atoms. The molecule has 5 rings (SSSR count). The molecule has 2 aliphatic rings. The highest BCUT2D eigenvalue weighted by atomic mass is 16.5. The number of piperidine rings is 1. The maximum absolute atomic E-state index is 13.2. The third kappa shape index (κ3) is 4.95. The smallest absolute Gasteiger partial charge is 0.254 e. The number of hydrogen-bond donors (Lipinski definition) is 0. The lowest BCUT2D eigenvalue weighted by Crippen LogP contribution is -2.43. The molecule has 2 aliphatic heterocycles. The predicted octanol–water partition coefficient (Wildman–Crippen LogP) is 5.76. The molecule has 2 fully saturated rings. The Hall–Kier alpha value is -3.31. The van der Waals surface area contributed by atoms with Crippen molar-refractivity contribution < 1.29 is 14.3 Å². The SMILES string of the molecule is CN(Cc1ccccc1O[C@H]1C[C@H]2CC[C@@H](C1)N2C)C(=O)c1cccc(Oc2ccccc2)c1. The van der Waals surface area contributed by atoms with Gasteiger partial charge >= 0.3 is 0 Å². The number of rotatable bonds is 7. The summed E-state index contributed by atoms with van der Waals surface area (Å²) in [6.07, 6.45) is 4.93. The van der Waals surface area contributed by atoms with E-state index in [1.54, 1.807) is 11.0 Å². The fourth-order valence-corrected chi connectivity index (χ4v) is 5.25. The first-order chi connectivity index (χ1) is 16.6. The van der Waals surface area contributed by atoms with E-state index in [-0.39, 0.29) is 12.0 Å². The van der Waals surface area contributed by atoms with Crippen molar-refractivity contribution in [3.8, 4) is 17.2 Å². The van der Waals surface area contributed by atoms with Gasteiger partial charge in [0.2, 0.25) is 0 Å². The lowest BCUT2D eigenvalue weighted by molar-refractivity contribution is 0.0645. The van der Waals surface area contributed by atoms with Gasteiger partial charge in [-0.3, -0.25) is 4.79 Å². The van der Waals surface area contributed by atoms with Crippen LogP contribution in [0.2, 0.25) is 0 Å². The fourth-order valence-electron chi connectivity index (χ4n) is 5.25. The molecule has 5 heteroatoms. The number of fused-ring (bicyclic) bond motifs is 2. The summed E-state index contributed by atoms with van der Waals surface area (Å²) in [4.78, 5) is 17.5. The molecule has 34 heavy (non-hydrogen) atoms. The molecule has 5 nitrogen and oxygen atoms in total. The highest BCUT2D eigenvalue weighted by Crippen LogP contribution is 2.36. The van der Waals surface area contributed by atoms with Crippen LogP contribution >= 0.6 is 0 Å². The Morgan fingerprint density at radius 2 is 1.59 bits per heavy atom. The number of nitrogens with zero attached hydrogens (tertiary/aromatic N) is 2. The van der Waals surface area contributed by atoms with Gasteiger partial charge in [0.25, 0.3) is 5.91 Å². The van der Waals surface area contributed by atoms with Crippen molar-refractivity contribution in [2.45, 2.75) is 50.4 Å². The Kier molecular flexibility index (Phi) is 6.54. The summed E-state index contributed by atoms with van der Waals surface area (Å²) in [6, 6.07) is 26.3. The van der Waals surface area contributed by atoms with Gasteiger partial charge < -0.3 is 19.3 Å². The third-order valence-electron chi connectivity index (χ3n) is 7.14. The average Bonchev–Trinajstić information content (AvgIpc) is 3.05. The summed E-state index contributed by atoms with van der Waals surface area (Å²) in [5, 5.41) is 0. The molecule has 1 amide bonds. The Balaban J connectivity index is 1.25. The Labute approximate surface area is 201 Å². The molecule has 2 saturated heterocycles. The van der Waals surface area contributed by atoms with E-state index in [2.05, 4.69) is 18.0 Å². The van der Waals surface area contributed by atoms with Crippen LogP contribution in [-0.2, 0) is 6.54 Å². The second-order valence-corrected chi connectivity index (χ2v) is 9.47. The monoisotopic (exact) mass is 456 g/mol. The quantitative estimate of drug-likeness (QED) is 0.454. The van der Waals surface area contributed by atoms with Crippen molar-refractivity contribution in [2.24, 2.45) is 0 Å². The van der Waals surface area contributed by atoms with Crippen molar-refractivity contribution in [1.29, 1.82) is 0 Å². The molecular formula is C29H32N2O3. The molecule has 3 atom stereocenters. The highest BCUT2D eigenvalue weighted by molar-refractivity contribution is 5.94. The first kappa shape index (κ1) is 22.5. The number of amides is 1. The van der Waals surface area contributed by atoms with Gasteiger partial charge in [-0.25, -0.2) is 0 Å². The van der Waals surface area contributed by atoms with Crippen molar-refractivity contribution in [1.82, 2.24) is 9.80 Å². The molecule has 0 N–H and O–H groups in total. The molecule has 0 radical (unpaired) electrons. The van der Waals surface area contributed by atoms with Gasteiger partial charge in [0.1, 0.15) is 23.4 Å². The summed E-state index contributed by atoms with van der Waals surface area (Å²) >= 11 is 0. The Bertz CT molecular complexity index is 1120. The van der Waals surface area contributed by atoms with E-state index in [1.807, 2.05) is 73.8 Å². The van der Waals surface area contributed by atoms with Gasteiger partial charge in [-0.2, -0.15) is 0 Å². The molecule has 176 valence electrons. The van der Waals surface area contributed by atoms with Crippen LogP contribution in [-0.4, -0.2) is 48.0 Å². The fraction of sp³-hybridized carbons (Fsp3) is 0.345. The van der Waals surface area contributed by atoms with E-state index in [4.69, 9.17) is 9.47 Å². The minimum absolute atomic E-state index is 0.0503.